The van der Waals surface area contributed by atoms with Crippen LogP contribution in [0.25, 0.3) is 5.69 Å². The molecule has 5 heteroatoms. The van der Waals surface area contributed by atoms with Crippen molar-refractivity contribution in [2.75, 3.05) is 31.1 Å². The van der Waals surface area contributed by atoms with Crippen LogP contribution in [0.4, 0.5) is 10.3 Å². The highest BCUT2D eigenvalue weighted by Gasteiger charge is 2.21. The molecule has 2 aromatic carbocycles. The zero-order valence-corrected chi connectivity index (χ0v) is 15.0. The Labute approximate surface area is 153 Å². The summed E-state index contributed by atoms with van der Waals surface area (Å²) in [6.07, 6.45) is 3.87. The first-order chi connectivity index (χ1) is 12.7. The zero-order chi connectivity index (χ0) is 17.9. The lowest BCUT2D eigenvalue weighted by molar-refractivity contribution is 0.248. The summed E-state index contributed by atoms with van der Waals surface area (Å²) in [7, 11) is 0. The topological polar surface area (TPSA) is 24.3 Å². The second-order valence-electron chi connectivity index (χ2n) is 6.83. The minimum atomic E-state index is -0.165. The number of piperazine rings is 1. The number of hydrogen-bond acceptors (Lipinski definition) is 3. The van der Waals surface area contributed by atoms with Crippen LogP contribution in [0.1, 0.15) is 11.1 Å². The third-order valence-corrected chi connectivity index (χ3v) is 4.88. The van der Waals surface area contributed by atoms with E-state index in [9.17, 15) is 4.39 Å². The average Bonchev–Trinajstić information content (AvgIpc) is 3.13. The van der Waals surface area contributed by atoms with Gasteiger partial charge >= 0.3 is 0 Å². The van der Waals surface area contributed by atoms with Gasteiger partial charge in [-0.25, -0.2) is 9.37 Å². The van der Waals surface area contributed by atoms with Crippen molar-refractivity contribution in [3.63, 3.8) is 0 Å². The molecule has 0 saturated carbocycles. The van der Waals surface area contributed by atoms with Crippen molar-refractivity contribution < 1.29 is 4.39 Å². The number of anilines is 1. The molecule has 26 heavy (non-hydrogen) atoms. The molecule has 0 spiro atoms. The van der Waals surface area contributed by atoms with Gasteiger partial charge in [0.15, 0.2) is 0 Å². The normalized spacial score (nSPS) is 15.4. The minimum absolute atomic E-state index is 0.165. The van der Waals surface area contributed by atoms with Gasteiger partial charge in [0.1, 0.15) is 5.82 Å². The predicted molar refractivity (Wildman–Crippen MR) is 102 cm³/mol. The van der Waals surface area contributed by atoms with Gasteiger partial charge in [-0.2, -0.15) is 0 Å². The lowest BCUT2D eigenvalue weighted by atomic mass is 10.2. The highest BCUT2D eigenvalue weighted by Crippen LogP contribution is 2.20. The molecule has 3 aromatic rings. The van der Waals surface area contributed by atoms with E-state index in [-0.39, 0.29) is 5.82 Å². The van der Waals surface area contributed by atoms with Crippen LogP contribution in [0.3, 0.4) is 0 Å². The van der Waals surface area contributed by atoms with Crippen LogP contribution < -0.4 is 4.90 Å². The van der Waals surface area contributed by atoms with Crippen molar-refractivity contribution in [2.24, 2.45) is 0 Å². The molecule has 4 rings (SSSR count). The van der Waals surface area contributed by atoms with Crippen molar-refractivity contribution >= 4 is 5.95 Å². The number of benzene rings is 2. The molecule has 1 fully saturated rings. The van der Waals surface area contributed by atoms with E-state index in [1.807, 2.05) is 18.5 Å². The van der Waals surface area contributed by atoms with Crippen LogP contribution in [0, 0.1) is 12.7 Å². The lowest BCUT2D eigenvalue weighted by Gasteiger charge is -2.35. The van der Waals surface area contributed by atoms with Gasteiger partial charge in [-0.3, -0.25) is 9.47 Å². The second-order valence-corrected chi connectivity index (χ2v) is 6.83. The van der Waals surface area contributed by atoms with Crippen molar-refractivity contribution in [3.05, 3.63) is 77.9 Å². The third-order valence-electron chi connectivity index (χ3n) is 4.88. The van der Waals surface area contributed by atoms with Crippen LogP contribution in [0.2, 0.25) is 0 Å². The summed E-state index contributed by atoms with van der Waals surface area (Å²) in [4.78, 5) is 9.27. The number of aromatic nitrogens is 2. The van der Waals surface area contributed by atoms with Crippen molar-refractivity contribution in [3.8, 4) is 5.69 Å². The van der Waals surface area contributed by atoms with E-state index in [0.29, 0.717) is 0 Å². The van der Waals surface area contributed by atoms with Crippen LogP contribution in [0.5, 0.6) is 0 Å². The fraction of sp³-hybridized carbons (Fsp3) is 0.286. The van der Waals surface area contributed by atoms with Gasteiger partial charge in [0.2, 0.25) is 5.95 Å². The van der Waals surface area contributed by atoms with Gasteiger partial charge < -0.3 is 4.90 Å². The fourth-order valence-electron chi connectivity index (χ4n) is 3.44. The fourth-order valence-corrected chi connectivity index (χ4v) is 3.44. The number of nitrogens with zero attached hydrogens (tertiary/aromatic N) is 4. The highest BCUT2D eigenvalue weighted by atomic mass is 19.1. The van der Waals surface area contributed by atoms with Crippen LogP contribution in [0.15, 0.2) is 60.9 Å². The number of aryl methyl sites for hydroxylation is 1. The number of hydrogen-bond donors (Lipinski definition) is 0. The third kappa shape index (κ3) is 3.63. The van der Waals surface area contributed by atoms with E-state index in [4.69, 9.17) is 0 Å². The monoisotopic (exact) mass is 350 g/mol. The Morgan fingerprint density at radius 1 is 1.00 bits per heavy atom. The Hall–Kier alpha value is -2.66. The Morgan fingerprint density at radius 2 is 1.77 bits per heavy atom. The molecular weight excluding hydrogens is 327 g/mol. The van der Waals surface area contributed by atoms with E-state index in [2.05, 4.69) is 50.5 Å². The summed E-state index contributed by atoms with van der Waals surface area (Å²) in [5, 5.41) is 0. The first-order valence-corrected chi connectivity index (χ1v) is 9.01. The molecule has 1 aromatic heterocycles. The van der Waals surface area contributed by atoms with Gasteiger partial charge in [0, 0.05) is 50.8 Å². The van der Waals surface area contributed by atoms with Crippen LogP contribution in [-0.2, 0) is 6.54 Å². The van der Waals surface area contributed by atoms with Crippen LogP contribution in [-0.4, -0.2) is 40.6 Å². The Balaban J connectivity index is 1.42. The molecule has 0 aliphatic carbocycles. The largest absolute Gasteiger partial charge is 0.339 e. The van der Waals surface area contributed by atoms with Crippen molar-refractivity contribution in [1.29, 1.82) is 0 Å². The minimum Gasteiger partial charge on any atom is -0.339 e. The molecular formula is C21H23FN4. The second kappa shape index (κ2) is 7.30. The Bertz CT molecular complexity index is 864. The lowest BCUT2D eigenvalue weighted by Crippen LogP contribution is -2.46. The van der Waals surface area contributed by atoms with E-state index < -0.39 is 0 Å². The van der Waals surface area contributed by atoms with Gasteiger partial charge in [-0.15, -0.1) is 0 Å². The molecule has 0 amide bonds. The number of imidazole rings is 1. The molecule has 0 N–H and O–H groups in total. The van der Waals surface area contributed by atoms with Gasteiger partial charge in [-0.05, 0) is 36.8 Å². The van der Waals surface area contributed by atoms with Crippen molar-refractivity contribution in [1.82, 2.24) is 14.5 Å². The maximum atomic E-state index is 13.4. The van der Waals surface area contributed by atoms with Crippen molar-refractivity contribution in [2.45, 2.75) is 13.5 Å². The molecule has 0 atom stereocenters. The molecule has 1 aliphatic heterocycles. The summed E-state index contributed by atoms with van der Waals surface area (Å²) in [5.41, 5.74) is 3.41. The maximum Gasteiger partial charge on any atom is 0.210 e. The van der Waals surface area contributed by atoms with Gasteiger partial charge in [-0.1, -0.05) is 29.8 Å². The van der Waals surface area contributed by atoms with E-state index in [1.165, 1.54) is 11.6 Å². The smallest absolute Gasteiger partial charge is 0.210 e. The summed E-state index contributed by atoms with van der Waals surface area (Å²) < 4.78 is 15.5. The maximum absolute atomic E-state index is 13.4. The van der Waals surface area contributed by atoms with E-state index >= 15 is 0 Å². The number of halogens is 1. The molecule has 134 valence electrons. The number of rotatable bonds is 4. The predicted octanol–water partition coefficient (Wildman–Crippen LogP) is 3.64. The first-order valence-electron chi connectivity index (χ1n) is 9.01. The molecule has 0 radical (unpaired) electrons. The Morgan fingerprint density at radius 3 is 2.50 bits per heavy atom. The first kappa shape index (κ1) is 16.8. The van der Waals surface area contributed by atoms with E-state index in [1.54, 1.807) is 12.1 Å². The average molecular weight is 350 g/mol. The van der Waals surface area contributed by atoms with E-state index in [0.717, 1.165) is 49.9 Å². The zero-order valence-electron chi connectivity index (χ0n) is 15.0. The standard InChI is InChI=1S/C21H23FN4/c1-17-5-7-20(8-6-17)26-10-9-23-21(26)25-13-11-24(12-14-25)16-18-3-2-4-19(22)15-18/h2-10,15H,11-14,16H2,1H3. The molecule has 1 saturated heterocycles. The quantitative estimate of drug-likeness (QED) is 0.718. The van der Waals surface area contributed by atoms with Crippen LogP contribution >= 0.6 is 0 Å². The Kier molecular flexibility index (Phi) is 4.71. The molecule has 0 unspecified atom stereocenters. The summed E-state index contributed by atoms with van der Waals surface area (Å²) in [6, 6.07) is 15.4. The molecule has 2 heterocycles. The molecule has 0 bridgehead atoms. The van der Waals surface area contributed by atoms with Gasteiger partial charge in [0.25, 0.3) is 0 Å². The highest BCUT2D eigenvalue weighted by molar-refractivity contribution is 5.44. The SMILES string of the molecule is Cc1ccc(-n2ccnc2N2CCN(Cc3cccc(F)c3)CC2)cc1. The van der Waals surface area contributed by atoms with Gasteiger partial charge in [0.05, 0.1) is 0 Å². The summed E-state index contributed by atoms with van der Waals surface area (Å²) >= 11 is 0. The summed E-state index contributed by atoms with van der Waals surface area (Å²) in [6.45, 7) is 6.60. The molecule has 4 nitrogen and oxygen atoms in total. The molecule has 1 aliphatic rings. The summed E-state index contributed by atoms with van der Waals surface area (Å²) in [5.74, 6) is 0.820.